The lowest BCUT2D eigenvalue weighted by molar-refractivity contribution is -0.0882. The molecule has 0 N–H and O–H groups in total. The zero-order valence-electron chi connectivity index (χ0n) is 15.1. The molecule has 0 spiro atoms. The molecule has 1 fully saturated rings. The topological polar surface area (TPSA) is 53.5 Å². The normalized spacial score (nSPS) is 15.0. The maximum Gasteiger partial charge on any atom is 0.455 e. The zero-order valence-corrected chi connectivity index (χ0v) is 16.0. The molecule has 1 aromatic carbocycles. The highest BCUT2D eigenvalue weighted by Crippen LogP contribution is 2.27. The predicted octanol–water partition coefficient (Wildman–Crippen LogP) is 4.00. The number of aromatic nitrogens is 1. The van der Waals surface area contributed by atoms with E-state index < -0.39 is 16.8 Å². The molecule has 1 amide bonds. The smallest absolute Gasteiger partial charge is 0.353 e. The number of anilines is 1. The first kappa shape index (κ1) is 19.4. The Labute approximate surface area is 168 Å². The summed E-state index contributed by atoms with van der Waals surface area (Å²) in [5.74, 6) is -1.46. The van der Waals surface area contributed by atoms with E-state index in [1.54, 1.807) is 4.90 Å². The minimum atomic E-state index is -4.94. The SMILES string of the molecule is O=C(c1ccc(C(=O)C(F)(F)F)s1)N1CCN(c2cc3ccccc3cn2)CC1. The van der Waals surface area contributed by atoms with Crippen LogP contribution in [0.4, 0.5) is 19.0 Å². The standard InChI is InChI=1S/C20H16F3N3O2S/c21-20(22,23)18(27)15-5-6-16(29-15)19(28)26-9-7-25(8-10-26)17-11-13-3-1-2-4-14(13)12-24-17/h1-6,11-12H,7-10H2. The molecule has 29 heavy (non-hydrogen) atoms. The Morgan fingerprint density at radius 2 is 1.59 bits per heavy atom. The van der Waals surface area contributed by atoms with Crippen molar-refractivity contribution in [3.63, 3.8) is 0 Å². The van der Waals surface area contributed by atoms with Crippen LogP contribution in [0.5, 0.6) is 0 Å². The van der Waals surface area contributed by atoms with Gasteiger partial charge in [0.15, 0.2) is 0 Å². The second-order valence-electron chi connectivity index (χ2n) is 6.66. The van der Waals surface area contributed by atoms with Gasteiger partial charge in [-0.25, -0.2) is 4.98 Å². The van der Waals surface area contributed by atoms with Crippen LogP contribution in [0.1, 0.15) is 19.3 Å². The van der Waals surface area contributed by atoms with Gasteiger partial charge in [-0.3, -0.25) is 9.59 Å². The minimum Gasteiger partial charge on any atom is -0.353 e. The van der Waals surface area contributed by atoms with Gasteiger partial charge < -0.3 is 9.80 Å². The quantitative estimate of drug-likeness (QED) is 0.602. The van der Waals surface area contributed by atoms with E-state index in [9.17, 15) is 22.8 Å². The summed E-state index contributed by atoms with van der Waals surface area (Å²) in [7, 11) is 0. The van der Waals surface area contributed by atoms with E-state index >= 15 is 0 Å². The highest BCUT2D eigenvalue weighted by Gasteiger charge is 2.40. The predicted molar refractivity (Wildman–Crippen MR) is 105 cm³/mol. The van der Waals surface area contributed by atoms with Crippen LogP contribution in [0, 0.1) is 0 Å². The van der Waals surface area contributed by atoms with Crippen molar-refractivity contribution in [3.05, 3.63) is 58.4 Å². The van der Waals surface area contributed by atoms with Gasteiger partial charge in [0, 0.05) is 37.8 Å². The van der Waals surface area contributed by atoms with Crippen LogP contribution in [-0.4, -0.2) is 53.9 Å². The number of fused-ring (bicyclic) bond motifs is 1. The highest BCUT2D eigenvalue weighted by atomic mass is 32.1. The van der Waals surface area contributed by atoms with Gasteiger partial charge in [0.1, 0.15) is 5.82 Å². The van der Waals surface area contributed by atoms with Crippen LogP contribution < -0.4 is 4.90 Å². The maximum atomic E-state index is 12.6. The number of Topliss-reactive ketones (excluding diaryl/α,β-unsaturated/α-hetero) is 1. The number of benzene rings is 1. The van der Waals surface area contributed by atoms with Crippen LogP contribution in [0.2, 0.25) is 0 Å². The average molecular weight is 419 g/mol. The number of ketones is 1. The molecule has 0 saturated carbocycles. The summed E-state index contributed by atoms with van der Waals surface area (Å²) in [5, 5.41) is 2.13. The van der Waals surface area contributed by atoms with Crippen LogP contribution in [0.15, 0.2) is 48.7 Å². The molecule has 2 aromatic heterocycles. The third kappa shape index (κ3) is 3.95. The van der Waals surface area contributed by atoms with E-state index in [1.807, 2.05) is 36.5 Å². The van der Waals surface area contributed by atoms with Crippen LogP contribution >= 0.6 is 11.3 Å². The Morgan fingerprint density at radius 3 is 2.28 bits per heavy atom. The van der Waals surface area contributed by atoms with Crippen molar-refractivity contribution >= 4 is 39.6 Å². The van der Waals surface area contributed by atoms with Gasteiger partial charge >= 0.3 is 6.18 Å². The first-order chi connectivity index (χ1) is 13.8. The number of carbonyl (C=O) groups is 2. The number of hydrogen-bond donors (Lipinski definition) is 0. The maximum absolute atomic E-state index is 12.6. The summed E-state index contributed by atoms with van der Waals surface area (Å²) in [5.41, 5.74) is 0. The van der Waals surface area contributed by atoms with Gasteiger partial charge in [0.2, 0.25) is 0 Å². The molecule has 150 valence electrons. The molecular formula is C20H16F3N3O2S. The molecule has 5 nitrogen and oxygen atoms in total. The fourth-order valence-electron chi connectivity index (χ4n) is 3.25. The van der Waals surface area contributed by atoms with Gasteiger partial charge in [-0.1, -0.05) is 24.3 Å². The largest absolute Gasteiger partial charge is 0.455 e. The Bertz CT molecular complexity index is 1070. The molecule has 1 saturated heterocycles. The number of amides is 1. The lowest BCUT2D eigenvalue weighted by Crippen LogP contribution is -2.48. The molecule has 1 aliphatic heterocycles. The summed E-state index contributed by atoms with van der Waals surface area (Å²) < 4.78 is 37.7. The van der Waals surface area contributed by atoms with Crippen LogP contribution in [-0.2, 0) is 0 Å². The Hall–Kier alpha value is -2.94. The number of halogens is 3. The molecule has 0 radical (unpaired) electrons. The Kier molecular flexibility index (Phi) is 4.99. The van der Waals surface area contributed by atoms with E-state index in [4.69, 9.17) is 0 Å². The molecule has 4 rings (SSSR count). The number of nitrogens with zero attached hydrogens (tertiary/aromatic N) is 3. The third-order valence-electron chi connectivity index (χ3n) is 4.81. The number of alkyl halides is 3. The van der Waals surface area contributed by atoms with Gasteiger partial charge in [0.05, 0.1) is 9.75 Å². The van der Waals surface area contributed by atoms with Crippen molar-refractivity contribution in [2.24, 2.45) is 0 Å². The summed E-state index contributed by atoms with van der Waals surface area (Å²) in [6.07, 6.45) is -3.13. The first-order valence-electron chi connectivity index (χ1n) is 8.93. The summed E-state index contributed by atoms with van der Waals surface area (Å²) in [4.78, 5) is 31.7. The van der Waals surface area contributed by atoms with Gasteiger partial charge in [-0.05, 0) is 23.6 Å². The second kappa shape index (κ2) is 7.47. The van der Waals surface area contributed by atoms with Crippen molar-refractivity contribution < 1.29 is 22.8 Å². The van der Waals surface area contributed by atoms with E-state index in [0.717, 1.165) is 22.7 Å². The molecule has 0 atom stereocenters. The van der Waals surface area contributed by atoms with E-state index in [2.05, 4.69) is 9.88 Å². The van der Waals surface area contributed by atoms with E-state index in [1.165, 1.54) is 6.07 Å². The average Bonchev–Trinajstić information content (AvgIpc) is 3.22. The number of carbonyl (C=O) groups excluding carboxylic acids is 2. The van der Waals surface area contributed by atoms with Crippen LogP contribution in [0.25, 0.3) is 10.8 Å². The highest BCUT2D eigenvalue weighted by molar-refractivity contribution is 7.16. The van der Waals surface area contributed by atoms with Crippen molar-refractivity contribution in [3.8, 4) is 0 Å². The molecule has 9 heteroatoms. The molecule has 0 bridgehead atoms. The zero-order chi connectivity index (χ0) is 20.6. The second-order valence-corrected chi connectivity index (χ2v) is 7.74. The van der Waals surface area contributed by atoms with Gasteiger partial charge in [-0.2, -0.15) is 13.2 Å². The summed E-state index contributed by atoms with van der Waals surface area (Å²) in [6.45, 7) is 1.98. The number of thiophene rings is 1. The monoisotopic (exact) mass is 419 g/mol. The summed E-state index contributed by atoms with van der Waals surface area (Å²) >= 11 is 0.582. The lowest BCUT2D eigenvalue weighted by Gasteiger charge is -2.35. The molecule has 0 aliphatic carbocycles. The lowest BCUT2D eigenvalue weighted by atomic mass is 10.1. The fourth-order valence-corrected chi connectivity index (χ4v) is 4.19. The number of pyridine rings is 1. The van der Waals surface area contributed by atoms with Crippen molar-refractivity contribution in [1.82, 2.24) is 9.88 Å². The van der Waals surface area contributed by atoms with E-state index in [-0.39, 0.29) is 10.8 Å². The van der Waals surface area contributed by atoms with E-state index in [0.29, 0.717) is 37.5 Å². The molecule has 3 heterocycles. The third-order valence-corrected chi connectivity index (χ3v) is 5.88. The first-order valence-corrected chi connectivity index (χ1v) is 9.75. The Balaban J connectivity index is 1.42. The number of piperazine rings is 1. The summed E-state index contributed by atoms with van der Waals surface area (Å²) in [6, 6.07) is 12.2. The number of rotatable bonds is 3. The number of hydrogen-bond acceptors (Lipinski definition) is 5. The van der Waals surface area contributed by atoms with Crippen molar-refractivity contribution in [2.75, 3.05) is 31.1 Å². The van der Waals surface area contributed by atoms with Gasteiger partial charge in [0.25, 0.3) is 11.7 Å². The van der Waals surface area contributed by atoms with Crippen LogP contribution in [0.3, 0.4) is 0 Å². The minimum absolute atomic E-state index is 0.134. The Morgan fingerprint density at radius 1 is 0.931 bits per heavy atom. The molecule has 0 unspecified atom stereocenters. The van der Waals surface area contributed by atoms with Crippen molar-refractivity contribution in [1.29, 1.82) is 0 Å². The molecular weight excluding hydrogens is 403 g/mol. The fraction of sp³-hybridized carbons (Fsp3) is 0.250. The van der Waals surface area contributed by atoms with Gasteiger partial charge in [-0.15, -0.1) is 11.3 Å². The molecule has 3 aromatic rings. The van der Waals surface area contributed by atoms with Crippen molar-refractivity contribution in [2.45, 2.75) is 6.18 Å². The molecule has 1 aliphatic rings.